The summed E-state index contributed by atoms with van der Waals surface area (Å²) in [5.74, 6) is -1.11. The predicted octanol–water partition coefficient (Wildman–Crippen LogP) is 3.38. The van der Waals surface area contributed by atoms with Crippen LogP contribution in [0.25, 0.3) is 0 Å². The van der Waals surface area contributed by atoms with E-state index in [1.807, 2.05) is 0 Å². The molecule has 1 saturated carbocycles. The maximum absolute atomic E-state index is 11.1. The van der Waals surface area contributed by atoms with Gasteiger partial charge in [0.25, 0.3) is 0 Å². The van der Waals surface area contributed by atoms with E-state index < -0.39 is 11.6 Å². The van der Waals surface area contributed by atoms with Crippen LogP contribution in [0, 0.1) is 0 Å². The van der Waals surface area contributed by atoms with Gasteiger partial charge in [-0.2, -0.15) is 0 Å². The van der Waals surface area contributed by atoms with Crippen LogP contribution >= 0.6 is 23.2 Å². The van der Waals surface area contributed by atoms with Gasteiger partial charge >= 0.3 is 5.97 Å². The van der Waals surface area contributed by atoms with Gasteiger partial charge in [0.15, 0.2) is 5.75 Å². The maximum atomic E-state index is 11.1. The first-order valence-electron chi connectivity index (χ1n) is 5.99. The van der Waals surface area contributed by atoms with Crippen molar-refractivity contribution >= 4 is 29.2 Å². The largest absolute Gasteiger partial charge is 0.488 e. The van der Waals surface area contributed by atoms with E-state index in [2.05, 4.69) is 0 Å². The van der Waals surface area contributed by atoms with E-state index in [4.69, 9.17) is 33.0 Å². The van der Waals surface area contributed by atoms with Crippen molar-refractivity contribution in [2.45, 2.75) is 31.3 Å². The summed E-state index contributed by atoms with van der Waals surface area (Å²) < 4.78 is 5.45. The molecule has 1 aliphatic carbocycles. The minimum absolute atomic E-state index is 0.0363. The van der Waals surface area contributed by atoms with Crippen LogP contribution in [-0.4, -0.2) is 28.4 Å². The van der Waals surface area contributed by atoms with Crippen LogP contribution in [0.2, 0.25) is 10.0 Å². The van der Waals surface area contributed by atoms with Gasteiger partial charge in [-0.1, -0.05) is 36.0 Å². The summed E-state index contributed by atoms with van der Waals surface area (Å²) in [7, 11) is 0. The summed E-state index contributed by atoms with van der Waals surface area (Å²) in [6, 6.07) is 2.70. The van der Waals surface area contributed by atoms with Crippen molar-refractivity contribution in [3.8, 4) is 5.75 Å². The topological polar surface area (TPSA) is 66.8 Å². The van der Waals surface area contributed by atoms with Crippen LogP contribution in [0.3, 0.4) is 0 Å². The minimum Gasteiger partial charge on any atom is -0.488 e. The third-order valence-electron chi connectivity index (χ3n) is 3.26. The smallest absolute Gasteiger partial charge is 0.339 e. The standard InChI is InChI=1S/C13H14Cl2O4/c14-8-5-9(12(16)17)11(10(15)6-8)19-7-13(18)3-1-2-4-13/h5-6,18H,1-4,7H2,(H,16,17). The maximum Gasteiger partial charge on any atom is 0.339 e. The van der Waals surface area contributed by atoms with Gasteiger partial charge in [0.1, 0.15) is 12.2 Å². The summed E-state index contributed by atoms with van der Waals surface area (Å²) in [4.78, 5) is 11.1. The van der Waals surface area contributed by atoms with Gasteiger partial charge in [-0.05, 0) is 25.0 Å². The van der Waals surface area contributed by atoms with Gasteiger partial charge in [0, 0.05) is 5.02 Å². The normalized spacial score (nSPS) is 17.4. The predicted molar refractivity (Wildman–Crippen MR) is 72.3 cm³/mol. The Bertz CT molecular complexity index is 496. The third-order valence-corrected chi connectivity index (χ3v) is 3.76. The van der Waals surface area contributed by atoms with Crippen molar-refractivity contribution in [1.82, 2.24) is 0 Å². The molecule has 0 radical (unpaired) electrons. The average Bonchev–Trinajstić information content (AvgIpc) is 2.74. The lowest BCUT2D eigenvalue weighted by molar-refractivity contribution is 0.000943. The molecule has 0 atom stereocenters. The number of halogens is 2. The lowest BCUT2D eigenvalue weighted by Crippen LogP contribution is -2.32. The number of hydrogen-bond acceptors (Lipinski definition) is 3. The van der Waals surface area contributed by atoms with Gasteiger partial charge in [0.2, 0.25) is 0 Å². The summed E-state index contributed by atoms with van der Waals surface area (Å²) >= 11 is 11.7. The Morgan fingerprint density at radius 1 is 1.32 bits per heavy atom. The molecular weight excluding hydrogens is 291 g/mol. The van der Waals surface area contributed by atoms with Crippen molar-refractivity contribution in [3.63, 3.8) is 0 Å². The van der Waals surface area contributed by atoms with E-state index in [0.717, 1.165) is 12.8 Å². The summed E-state index contributed by atoms with van der Waals surface area (Å²) in [5, 5.41) is 19.7. The molecule has 0 spiro atoms. The van der Waals surface area contributed by atoms with Crippen molar-refractivity contribution < 1.29 is 19.7 Å². The van der Waals surface area contributed by atoms with Gasteiger partial charge < -0.3 is 14.9 Å². The number of carbonyl (C=O) groups is 1. The fourth-order valence-corrected chi connectivity index (χ4v) is 2.80. The van der Waals surface area contributed by atoms with Crippen LogP contribution in [0.4, 0.5) is 0 Å². The zero-order chi connectivity index (χ0) is 14.0. The van der Waals surface area contributed by atoms with E-state index in [-0.39, 0.29) is 28.0 Å². The van der Waals surface area contributed by atoms with E-state index in [1.54, 1.807) is 0 Å². The van der Waals surface area contributed by atoms with Crippen molar-refractivity contribution in [2.75, 3.05) is 6.61 Å². The summed E-state index contributed by atoms with van der Waals surface area (Å²) in [5.41, 5.74) is -0.988. The number of carboxylic acid groups (broad SMARTS) is 1. The second-order valence-corrected chi connectivity index (χ2v) is 5.63. The highest BCUT2D eigenvalue weighted by Gasteiger charge is 2.32. The number of rotatable bonds is 4. The fraction of sp³-hybridized carbons (Fsp3) is 0.462. The first-order chi connectivity index (χ1) is 8.91. The molecule has 19 heavy (non-hydrogen) atoms. The number of carboxylic acids is 1. The highest BCUT2D eigenvalue weighted by atomic mass is 35.5. The number of ether oxygens (including phenoxy) is 1. The Hall–Kier alpha value is -0.970. The van der Waals surface area contributed by atoms with E-state index in [9.17, 15) is 9.90 Å². The fourth-order valence-electron chi connectivity index (χ4n) is 2.25. The average molecular weight is 305 g/mol. The molecule has 1 aliphatic rings. The first-order valence-corrected chi connectivity index (χ1v) is 6.74. The molecular formula is C13H14Cl2O4. The third kappa shape index (κ3) is 3.32. The van der Waals surface area contributed by atoms with Crippen LogP contribution in [0.1, 0.15) is 36.0 Å². The van der Waals surface area contributed by atoms with Crippen molar-refractivity contribution in [2.24, 2.45) is 0 Å². The van der Waals surface area contributed by atoms with Crippen molar-refractivity contribution in [3.05, 3.63) is 27.7 Å². The van der Waals surface area contributed by atoms with Gasteiger partial charge in [-0.3, -0.25) is 0 Å². The lowest BCUT2D eigenvalue weighted by Gasteiger charge is -2.23. The molecule has 0 amide bonds. The number of aliphatic hydroxyl groups is 1. The number of aromatic carboxylic acids is 1. The monoisotopic (exact) mass is 304 g/mol. The van der Waals surface area contributed by atoms with E-state index in [1.165, 1.54) is 12.1 Å². The van der Waals surface area contributed by atoms with Gasteiger partial charge in [0.05, 0.1) is 10.6 Å². The molecule has 1 aromatic rings. The SMILES string of the molecule is O=C(O)c1cc(Cl)cc(Cl)c1OCC1(O)CCCC1. The van der Waals surface area contributed by atoms with Crippen LogP contribution in [-0.2, 0) is 0 Å². The zero-order valence-electron chi connectivity index (χ0n) is 10.2. The number of hydrogen-bond donors (Lipinski definition) is 2. The Morgan fingerprint density at radius 2 is 1.95 bits per heavy atom. The highest BCUT2D eigenvalue weighted by Crippen LogP contribution is 2.35. The molecule has 2 N–H and O–H groups in total. The minimum atomic E-state index is -1.17. The van der Waals surface area contributed by atoms with E-state index in [0.29, 0.717) is 12.8 Å². The second kappa shape index (κ2) is 5.57. The Morgan fingerprint density at radius 3 is 2.53 bits per heavy atom. The molecule has 6 heteroatoms. The summed E-state index contributed by atoms with van der Waals surface area (Å²) in [6.45, 7) is 0.0363. The molecule has 4 nitrogen and oxygen atoms in total. The van der Waals surface area contributed by atoms with Crippen molar-refractivity contribution in [1.29, 1.82) is 0 Å². The Kier molecular flexibility index (Phi) is 4.23. The lowest BCUT2D eigenvalue weighted by atomic mass is 10.0. The van der Waals surface area contributed by atoms with Crippen LogP contribution in [0.5, 0.6) is 5.75 Å². The molecule has 0 saturated heterocycles. The second-order valence-electron chi connectivity index (χ2n) is 4.79. The molecule has 1 fully saturated rings. The first kappa shape index (κ1) is 14.4. The van der Waals surface area contributed by atoms with Crippen LogP contribution in [0.15, 0.2) is 12.1 Å². The zero-order valence-corrected chi connectivity index (χ0v) is 11.7. The molecule has 1 aromatic carbocycles. The molecule has 0 aliphatic heterocycles. The number of benzene rings is 1. The van der Waals surface area contributed by atoms with Gasteiger partial charge in [-0.25, -0.2) is 4.79 Å². The molecule has 0 unspecified atom stereocenters. The van der Waals surface area contributed by atoms with Crippen LogP contribution < -0.4 is 4.74 Å². The quantitative estimate of drug-likeness (QED) is 0.895. The molecule has 0 heterocycles. The molecule has 0 aromatic heterocycles. The van der Waals surface area contributed by atoms with Gasteiger partial charge in [-0.15, -0.1) is 0 Å². The Labute approximate surface area is 120 Å². The molecule has 0 bridgehead atoms. The van der Waals surface area contributed by atoms with E-state index >= 15 is 0 Å². The molecule has 104 valence electrons. The molecule has 2 rings (SSSR count). The Balaban J connectivity index is 2.21. The summed E-state index contributed by atoms with van der Waals surface area (Å²) in [6.07, 6.45) is 3.20. The highest BCUT2D eigenvalue weighted by molar-refractivity contribution is 6.36.